The standard InChI is InChI=1S/C14H15BrN4O/c1-20-14-18-12-6-7-16-8-11(12)13(19-14)17-10-4-2-9(15)3-5-10/h2-5,16H,6-8H2,1H3,(H,17,18,19). The first kappa shape index (κ1) is 13.3. The molecule has 2 aromatic rings. The number of hydrogen-bond donors (Lipinski definition) is 2. The molecule has 0 saturated carbocycles. The molecule has 0 saturated heterocycles. The monoisotopic (exact) mass is 334 g/mol. The summed E-state index contributed by atoms with van der Waals surface area (Å²) < 4.78 is 6.24. The van der Waals surface area contributed by atoms with E-state index >= 15 is 0 Å². The van der Waals surface area contributed by atoms with Crippen LogP contribution in [0.25, 0.3) is 0 Å². The molecule has 5 nitrogen and oxygen atoms in total. The highest BCUT2D eigenvalue weighted by molar-refractivity contribution is 9.10. The lowest BCUT2D eigenvalue weighted by atomic mass is 10.1. The number of halogens is 1. The molecule has 6 heteroatoms. The number of aromatic nitrogens is 2. The number of anilines is 2. The first-order valence-corrected chi connectivity index (χ1v) is 7.22. The van der Waals surface area contributed by atoms with Crippen molar-refractivity contribution in [2.45, 2.75) is 13.0 Å². The Hall–Kier alpha value is -1.66. The maximum atomic E-state index is 5.19. The molecule has 0 aliphatic carbocycles. The molecule has 2 heterocycles. The highest BCUT2D eigenvalue weighted by atomic mass is 79.9. The van der Waals surface area contributed by atoms with Gasteiger partial charge in [-0.1, -0.05) is 15.9 Å². The fourth-order valence-electron chi connectivity index (χ4n) is 2.19. The van der Waals surface area contributed by atoms with Crippen LogP contribution < -0.4 is 15.4 Å². The molecule has 104 valence electrons. The number of rotatable bonds is 3. The molecule has 0 spiro atoms. The van der Waals surface area contributed by atoms with Gasteiger partial charge in [0.05, 0.1) is 12.8 Å². The molecule has 0 radical (unpaired) electrons. The minimum absolute atomic E-state index is 0.408. The lowest BCUT2D eigenvalue weighted by molar-refractivity contribution is 0.377. The highest BCUT2D eigenvalue weighted by Crippen LogP contribution is 2.26. The third-order valence-electron chi connectivity index (χ3n) is 3.20. The lowest BCUT2D eigenvalue weighted by Crippen LogP contribution is -2.26. The van der Waals surface area contributed by atoms with Crippen molar-refractivity contribution in [1.82, 2.24) is 15.3 Å². The number of hydrogen-bond acceptors (Lipinski definition) is 5. The van der Waals surface area contributed by atoms with Gasteiger partial charge in [0.1, 0.15) is 5.82 Å². The zero-order chi connectivity index (χ0) is 13.9. The summed E-state index contributed by atoms with van der Waals surface area (Å²) in [5.41, 5.74) is 3.15. The van der Waals surface area contributed by atoms with E-state index in [4.69, 9.17) is 4.74 Å². The first-order chi connectivity index (χ1) is 9.76. The molecular formula is C14H15BrN4O. The zero-order valence-corrected chi connectivity index (χ0v) is 12.7. The average molecular weight is 335 g/mol. The van der Waals surface area contributed by atoms with Gasteiger partial charge in [-0.15, -0.1) is 0 Å². The van der Waals surface area contributed by atoms with Crippen LogP contribution in [0.1, 0.15) is 11.3 Å². The maximum absolute atomic E-state index is 5.19. The molecule has 1 aromatic heterocycles. The fraction of sp³-hybridized carbons (Fsp3) is 0.286. The van der Waals surface area contributed by atoms with Crippen LogP contribution in [0.5, 0.6) is 6.01 Å². The Balaban J connectivity index is 1.96. The molecule has 20 heavy (non-hydrogen) atoms. The number of nitrogens with zero attached hydrogens (tertiary/aromatic N) is 2. The molecular weight excluding hydrogens is 320 g/mol. The van der Waals surface area contributed by atoms with Crippen molar-refractivity contribution < 1.29 is 4.74 Å². The Kier molecular flexibility index (Phi) is 3.84. The molecule has 0 amide bonds. The van der Waals surface area contributed by atoms with Gasteiger partial charge in [0, 0.05) is 35.2 Å². The van der Waals surface area contributed by atoms with E-state index in [1.807, 2.05) is 24.3 Å². The summed E-state index contributed by atoms with van der Waals surface area (Å²) >= 11 is 3.43. The Bertz CT molecular complexity index is 615. The third-order valence-corrected chi connectivity index (χ3v) is 3.73. The second-order valence-corrected chi connectivity index (χ2v) is 5.46. The number of nitrogens with one attached hydrogen (secondary N) is 2. The first-order valence-electron chi connectivity index (χ1n) is 6.43. The minimum Gasteiger partial charge on any atom is -0.467 e. The Morgan fingerprint density at radius 3 is 2.80 bits per heavy atom. The average Bonchev–Trinajstić information content (AvgIpc) is 2.49. The molecule has 0 bridgehead atoms. The van der Waals surface area contributed by atoms with Crippen LogP contribution in [0, 0.1) is 0 Å². The van der Waals surface area contributed by atoms with Gasteiger partial charge in [-0.25, -0.2) is 0 Å². The molecule has 1 aliphatic heterocycles. The van der Waals surface area contributed by atoms with E-state index in [2.05, 4.69) is 36.5 Å². The quantitative estimate of drug-likeness (QED) is 0.903. The van der Waals surface area contributed by atoms with Crippen molar-refractivity contribution in [2.75, 3.05) is 19.0 Å². The Morgan fingerprint density at radius 1 is 1.25 bits per heavy atom. The second-order valence-electron chi connectivity index (χ2n) is 4.54. The van der Waals surface area contributed by atoms with Gasteiger partial charge >= 0.3 is 6.01 Å². The molecule has 1 aromatic carbocycles. The Morgan fingerprint density at radius 2 is 2.05 bits per heavy atom. The predicted molar refractivity (Wildman–Crippen MR) is 81.4 cm³/mol. The SMILES string of the molecule is COc1nc2c(c(Nc3ccc(Br)cc3)n1)CNCC2. The summed E-state index contributed by atoms with van der Waals surface area (Å²) in [6.07, 6.45) is 0.892. The fourth-order valence-corrected chi connectivity index (χ4v) is 2.45. The van der Waals surface area contributed by atoms with E-state index in [0.717, 1.165) is 46.7 Å². The van der Waals surface area contributed by atoms with Crippen LogP contribution in [0.3, 0.4) is 0 Å². The van der Waals surface area contributed by atoms with Crippen molar-refractivity contribution in [3.8, 4) is 6.01 Å². The number of benzene rings is 1. The van der Waals surface area contributed by atoms with E-state index in [1.54, 1.807) is 7.11 Å². The van der Waals surface area contributed by atoms with Crippen LogP contribution in [-0.4, -0.2) is 23.6 Å². The topological polar surface area (TPSA) is 59.1 Å². The molecule has 3 rings (SSSR count). The van der Waals surface area contributed by atoms with Crippen LogP contribution in [0.2, 0.25) is 0 Å². The predicted octanol–water partition coefficient (Wildman–Crippen LogP) is 2.64. The van der Waals surface area contributed by atoms with Gasteiger partial charge in [-0.05, 0) is 24.3 Å². The van der Waals surface area contributed by atoms with Gasteiger partial charge in [0.2, 0.25) is 0 Å². The van der Waals surface area contributed by atoms with Crippen LogP contribution in [-0.2, 0) is 13.0 Å². The van der Waals surface area contributed by atoms with Gasteiger partial charge in [-0.2, -0.15) is 9.97 Å². The van der Waals surface area contributed by atoms with Crippen molar-refractivity contribution >= 4 is 27.4 Å². The summed E-state index contributed by atoms with van der Waals surface area (Å²) in [5, 5.41) is 6.69. The normalized spacial score (nSPS) is 13.7. The smallest absolute Gasteiger partial charge is 0.318 e. The maximum Gasteiger partial charge on any atom is 0.318 e. The van der Waals surface area contributed by atoms with Crippen molar-refractivity contribution in [1.29, 1.82) is 0 Å². The number of ether oxygens (including phenoxy) is 1. The van der Waals surface area contributed by atoms with E-state index in [-0.39, 0.29) is 0 Å². The number of fused-ring (bicyclic) bond motifs is 1. The van der Waals surface area contributed by atoms with Gasteiger partial charge < -0.3 is 15.4 Å². The molecule has 1 aliphatic rings. The molecule has 0 fully saturated rings. The summed E-state index contributed by atoms with van der Waals surface area (Å²) in [6.45, 7) is 1.71. The lowest BCUT2D eigenvalue weighted by Gasteiger charge is -2.20. The molecule has 0 atom stereocenters. The van der Waals surface area contributed by atoms with Crippen LogP contribution in [0.4, 0.5) is 11.5 Å². The van der Waals surface area contributed by atoms with Gasteiger partial charge in [0.25, 0.3) is 0 Å². The van der Waals surface area contributed by atoms with E-state index in [9.17, 15) is 0 Å². The largest absolute Gasteiger partial charge is 0.467 e. The van der Waals surface area contributed by atoms with Crippen LogP contribution >= 0.6 is 15.9 Å². The second kappa shape index (κ2) is 5.76. The zero-order valence-electron chi connectivity index (χ0n) is 11.1. The van der Waals surface area contributed by atoms with Gasteiger partial charge in [0.15, 0.2) is 0 Å². The van der Waals surface area contributed by atoms with E-state index < -0.39 is 0 Å². The van der Waals surface area contributed by atoms with Crippen molar-refractivity contribution in [3.63, 3.8) is 0 Å². The van der Waals surface area contributed by atoms with E-state index in [0.29, 0.717) is 6.01 Å². The summed E-state index contributed by atoms with van der Waals surface area (Å²) in [6, 6.07) is 8.39. The number of methoxy groups -OCH3 is 1. The summed E-state index contributed by atoms with van der Waals surface area (Å²) in [4.78, 5) is 8.85. The van der Waals surface area contributed by atoms with Crippen molar-refractivity contribution in [2.24, 2.45) is 0 Å². The molecule has 2 N–H and O–H groups in total. The summed E-state index contributed by atoms with van der Waals surface area (Å²) in [7, 11) is 1.59. The third kappa shape index (κ3) is 2.76. The van der Waals surface area contributed by atoms with E-state index in [1.165, 1.54) is 0 Å². The van der Waals surface area contributed by atoms with Gasteiger partial charge in [-0.3, -0.25) is 0 Å². The van der Waals surface area contributed by atoms with Crippen LogP contribution in [0.15, 0.2) is 28.7 Å². The molecule has 0 unspecified atom stereocenters. The Labute approximate surface area is 125 Å². The summed E-state index contributed by atoms with van der Waals surface area (Å²) in [5.74, 6) is 0.807. The highest BCUT2D eigenvalue weighted by Gasteiger charge is 2.18. The van der Waals surface area contributed by atoms with Crippen molar-refractivity contribution in [3.05, 3.63) is 40.0 Å². The minimum atomic E-state index is 0.408.